The van der Waals surface area contributed by atoms with Gasteiger partial charge in [-0.25, -0.2) is 9.69 Å². The second-order valence-corrected chi connectivity index (χ2v) is 8.19. The molecule has 2 heterocycles. The lowest BCUT2D eigenvalue weighted by atomic mass is 10.0. The molecule has 1 N–H and O–H groups in total. The summed E-state index contributed by atoms with van der Waals surface area (Å²) in [4.78, 5) is 41.6. The molecule has 2 aromatic carbocycles. The van der Waals surface area contributed by atoms with E-state index in [1.165, 1.54) is 13.2 Å². The second-order valence-electron chi connectivity index (χ2n) is 8.19. The van der Waals surface area contributed by atoms with Crippen LogP contribution >= 0.6 is 0 Å². The molecule has 2 aliphatic rings. The van der Waals surface area contributed by atoms with E-state index in [1.807, 2.05) is 26.0 Å². The Balaban J connectivity index is 1.76. The smallest absolute Gasteiger partial charge is 0.335 e. The molecule has 33 heavy (non-hydrogen) atoms. The highest BCUT2D eigenvalue weighted by atomic mass is 16.5. The second kappa shape index (κ2) is 8.97. The van der Waals surface area contributed by atoms with Crippen LogP contribution in [0.1, 0.15) is 29.5 Å². The van der Waals surface area contributed by atoms with Gasteiger partial charge in [0.25, 0.3) is 11.8 Å². The van der Waals surface area contributed by atoms with Crippen LogP contribution in [0.5, 0.6) is 11.5 Å². The molecule has 4 rings (SSSR count). The molecule has 2 saturated heterocycles. The number of carbonyl (C=O) groups excluding carboxylic acids is 3. The Morgan fingerprint density at radius 3 is 2.24 bits per heavy atom. The summed E-state index contributed by atoms with van der Waals surface area (Å²) in [6, 6.07) is 8.08. The maximum Gasteiger partial charge on any atom is 0.335 e. The zero-order valence-electron chi connectivity index (χ0n) is 19.2. The van der Waals surface area contributed by atoms with Crippen LogP contribution in [0.25, 0.3) is 6.08 Å². The molecule has 0 radical (unpaired) electrons. The summed E-state index contributed by atoms with van der Waals surface area (Å²) in [6.07, 6.45) is 3.65. The van der Waals surface area contributed by atoms with E-state index in [0.717, 1.165) is 47.6 Å². The molecule has 8 heteroatoms. The van der Waals surface area contributed by atoms with E-state index in [-0.39, 0.29) is 5.57 Å². The van der Waals surface area contributed by atoms with Gasteiger partial charge in [0.15, 0.2) is 0 Å². The third-order valence-corrected chi connectivity index (χ3v) is 6.13. The fourth-order valence-corrected chi connectivity index (χ4v) is 4.14. The summed E-state index contributed by atoms with van der Waals surface area (Å²) in [6.45, 7) is 5.69. The van der Waals surface area contributed by atoms with E-state index in [4.69, 9.17) is 9.47 Å². The number of amides is 4. The Labute approximate surface area is 192 Å². The van der Waals surface area contributed by atoms with Gasteiger partial charge in [-0.3, -0.25) is 14.9 Å². The molecule has 8 nitrogen and oxygen atoms in total. The van der Waals surface area contributed by atoms with E-state index in [9.17, 15) is 14.4 Å². The van der Waals surface area contributed by atoms with Gasteiger partial charge in [0.05, 0.1) is 25.6 Å². The average Bonchev–Trinajstić information content (AvgIpc) is 3.33. The van der Waals surface area contributed by atoms with Crippen molar-refractivity contribution in [2.24, 2.45) is 0 Å². The summed E-state index contributed by atoms with van der Waals surface area (Å²) < 4.78 is 11.2. The van der Waals surface area contributed by atoms with Crippen molar-refractivity contribution in [1.29, 1.82) is 0 Å². The largest absolute Gasteiger partial charge is 0.496 e. The average molecular weight is 450 g/mol. The minimum atomic E-state index is -0.778. The van der Waals surface area contributed by atoms with Crippen LogP contribution < -0.4 is 24.6 Å². The SMILES string of the molecule is COc1cc(N2CCCC2)c(OC)cc1/C=C1\C(=O)NC(=O)N(c2ccc(C)c(C)c2)C1=O. The van der Waals surface area contributed by atoms with Crippen LogP contribution in [0.3, 0.4) is 0 Å². The molecular formula is C25H27N3O5. The van der Waals surface area contributed by atoms with Gasteiger partial charge in [-0.05, 0) is 62.1 Å². The number of urea groups is 1. The summed E-state index contributed by atoms with van der Waals surface area (Å²) >= 11 is 0. The van der Waals surface area contributed by atoms with E-state index in [1.54, 1.807) is 25.3 Å². The van der Waals surface area contributed by atoms with Crippen molar-refractivity contribution in [3.8, 4) is 11.5 Å². The molecule has 172 valence electrons. The molecule has 4 amide bonds. The minimum Gasteiger partial charge on any atom is -0.496 e. The van der Waals surface area contributed by atoms with Gasteiger partial charge in [-0.15, -0.1) is 0 Å². The fraction of sp³-hybridized carbons (Fsp3) is 0.320. The van der Waals surface area contributed by atoms with Crippen molar-refractivity contribution in [2.75, 3.05) is 37.1 Å². The van der Waals surface area contributed by atoms with Crippen LogP contribution in [-0.2, 0) is 9.59 Å². The first-order valence-corrected chi connectivity index (χ1v) is 10.8. The molecule has 0 atom stereocenters. The standard InChI is InChI=1S/C25H27N3O5/c1-15-7-8-18(11-16(15)2)28-24(30)19(23(29)26-25(28)31)12-17-13-22(33-4)20(14-21(17)32-3)27-9-5-6-10-27/h7-8,11-14H,5-6,9-10H2,1-4H3,(H,26,29,31)/b19-12+. The number of ether oxygens (including phenoxy) is 2. The van der Waals surface area contributed by atoms with Gasteiger partial charge in [0.1, 0.15) is 17.1 Å². The van der Waals surface area contributed by atoms with Gasteiger partial charge >= 0.3 is 6.03 Å². The summed E-state index contributed by atoms with van der Waals surface area (Å²) in [5.41, 5.74) is 3.60. The number of hydrogen-bond donors (Lipinski definition) is 1. The van der Waals surface area contributed by atoms with Crippen LogP contribution in [0.4, 0.5) is 16.2 Å². The monoisotopic (exact) mass is 449 g/mol. The third-order valence-electron chi connectivity index (χ3n) is 6.13. The first-order valence-electron chi connectivity index (χ1n) is 10.8. The zero-order valence-corrected chi connectivity index (χ0v) is 19.2. The van der Waals surface area contributed by atoms with Crippen molar-refractivity contribution in [2.45, 2.75) is 26.7 Å². The number of carbonyl (C=O) groups is 3. The normalized spacial score (nSPS) is 17.6. The van der Waals surface area contributed by atoms with E-state index >= 15 is 0 Å². The predicted molar refractivity (Wildman–Crippen MR) is 126 cm³/mol. The first kappa shape index (κ1) is 22.4. The number of benzene rings is 2. The van der Waals surface area contributed by atoms with Crippen molar-refractivity contribution in [3.63, 3.8) is 0 Å². The molecule has 2 fully saturated rings. The molecule has 0 bridgehead atoms. The summed E-state index contributed by atoms with van der Waals surface area (Å²) in [7, 11) is 3.11. The number of nitrogens with one attached hydrogen (secondary N) is 1. The van der Waals surface area contributed by atoms with E-state index < -0.39 is 17.8 Å². The van der Waals surface area contributed by atoms with Crippen LogP contribution in [-0.4, -0.2) is 45.2 Å². The van der Waals surface area contributed by atoms with E-state index in [2.05, 4.69) is 10.2 Å². The lowest BCUT2D eigenvalue weighted by Crippen LogP contribution is -2.54. The molecule has 0 unspecified atom stereocenters. The van der Waals surface area contributed by atoms with Crippen LogP contribution in [0.15, 0.2) is 35.9 Å². The number of nitrogens with zero attached hydrogens (tertiary/aromatic N) is 2. The predicted octanol–water partition coefficient (Wildman–Crippen LogP) is 3.59. The molecule has 2 aromatic rings. The van der Waals surface area contributed by atoms with Crippen molar-refractivity contribution < 1.29 is 23.9 Å². The lowest BCUT2D eigenvalue weighted by Gasteiger charge is -2.27. The highest BCUT2D eigenvalue weighted by Gasteiger charge is 2.37. The maximum atomic E-state index is 13.3. The highest BCUT2D eigenvalue weighted by molar-refractivity contribution is 6.39. The van der Waals surface area contributed by atoms with Gasteiger partial charge in [0, 0.05) is 24.7 Å². The number of methoxy groups -OCH3 is 2. The molecule has 2 aliphatic heterocycles. The van der Waals surface area contributed by atoms with Crippen molar-refractivity contribution in [1.82, 2.24) is 5.32 Å². The fourth-order valence-electron chi connectivity index (χ4n) is 4.14. The number of anilines is 2. The minimum absolute atomic E-state index is 0.165. The van der Waals surface area contributed by atoms with Gasteiger partial charge in [-0.2, -0.15) is 0 Å². The molecular weight excluding hydrogens is 422 g/mol. The Kier molecular flexibility index (Phi) is 6.09. The maximum absolute atomic E-state index is 13.3. The van der Waals surface area contributed by atoms with E-state index in [0.29, 0.717) is 22.7 Å². The Hall–Kier alpha value is -3.81. The highest BCUT2D eigenvalue weighted by Crippen LogP contribution is 2.38. The number of imide groups is 2. The molecule has 0 saturated carbocycles. The Bertz CT molecular complexity index is 1160. The summed E-state index contributed by atoms with van der Waals surface area (Å²) in [5.74, 6) is -0.331. The lowest BCUT2D eigenvalue weighted by molar-refractivity contribution is -0.122. The quantitative estimate of drug-likeness (QED) is 0.555. The van der Waals surface area contributed by atoms with Gasteiger partial charge in [-0.1, -0.05) is 6.07 Å². The van der Waals surface area contributed by atoms with Crippen molar-refractivity contribution in [3.05, 3.63) is 52.6 Å². The first-order chi connectivity index (χ1) is 15.8. The topological polar surface area (TPSA) is 88.2 Å². The Morgan fingerprint density at radius 2 is 1.61 bits per heavy atom. The zero-order chi connectivity index (χ0) is 23.7. The number of hydrogen-bond acceptors (Lipinski definition) is 6. The van der Waals surface area contributed by atoms with Gasteiger partial charge < -0.3 is 14.4 Å². The summed E-state index contributed by atoms with van der Waals surface area (Å²) in [5, 5.41) is 2.26. The molecule has 0 aliphatic carbocycles. The Morgan fingerprint density at radius 1 is 0.909 bits per heavy atom. The number of barbiturate groups is 1. The molecule has 0 aromatic heterocycles. The van der Waals surface area contributed by atoms with Crippen LogP contribution in [0.2, 0.25) is 0 Å². The number of rotatable bonds is 5. The van der Waals surface area contributed by atoms with Gasteiger partial charge in [0.2, 0.25) is 0 Å². The third kappa shape index (κ3) is 4.16. The van der Waals surface area contributed by atoms with Crippen molar-refractivity contribution >= 4 is 35.3 Å². The van der Waals surface area contributed by atoms with Crippen LogP contribution in [0, 0.1) is 13.8 Å². The molecule has 0 spiro atoms. The number of aryl methyl sites for hydroxylation is 2.